The number of thioether (sulfide) groups is 1. The first-order valence-electron chi connectivity index (χ1n) is 5.26. The first-order chi connectivity index (χ1) is 7.18. The minimum Gasteiger partial charge on any atom is -0.383 e. The van der Waals surface area contributed by atoms with E-state index in [1.54, 1.807) is 11.3 Å². The second-order valence-corrected chi connectivity index (χ2v) is 6.29. The van der Waals surface area contributed by atoms with E-state index in [2.05, 4.69) is 5.32 Å². The smallest absolute Gasteiger partial charge is 0.108 e. The summed E-state index contributed by atoms with van der Waals surface area (Å²) in [5, 5.41) is 15.7. The number of rotatable bonds is 4. The highest BCUT2D eigenvalue weighted by atomic mass is 32.2. The fraction of sp³-hybridized carbons (Fsp3) is 0.636. The molecule has 0 radical (unpaired) electrons. The van der Waals surface area contributed by atoms with Gasteiger partial charge in [-0.25, -0.2) is 0 Å². The Morgan fingerprint density at radius 1 is 1.67 bits per heavy atom. The second-order valence-electron chi connectivity index (χ2n) is 4.19. The fourth-order valence-electron chi connectivity index (χ4n) is 1.71. The zero-order valence-corrected chi connectivity index (χ0v) is 10.5. The molecule has 0 saturated carbocycles. The van der Waals surface area contributed by atoms with Gasteiger partial charge in [0.15, 0.2) is 0 Å². The van der Waals surface area contributed by atoms with E-state index in [0.29, 0.717) is 12.6 Å². The van der Waals surface area contributed by atoms with Crippen LogP contribution in [0.15, 0.2) is 17.5 Å². The van der Waals surface area contributed by atoms with Gasteiger partial charge in [-0.05, 0) is 30.5 Å². The molecule has 1 aliphatic rings. The van der Waals surface area contributed by atoms with Crippen LogP contribution in [-0.2, 0) is 5.60 Å². The highest BCUT2D eigenvalue weighted by molar-refractivity contribution is 7.99. The van der Waals surface area contributed by atoms with Gasteiger partial charge in [-0.1, -0.05) is 6.07 Å². The van der Waals surface area contributed by atoms with Crippen LogP contribution in [0.5, 0.6) is 0 Å². The molecule has 2 unspecified atom stereocenters. The van der Waals surface area contributed by atoms with Gasteiger partial charge in [-0.15, -0.1) is 11.3 Å². The summed E-state index contributed by atoms with van der Waals surface area (Å²) in [6, 6.07) is 4.57. The van der Waals surface area contributed by atoms with E-state index in [9.17, 15) is 5.11 Å². The minimum atomic E-state index is -0.721. The number of aliphatic hydroxyl groups is 1. The Morgan fingerprint density at radius 3 is 3.13 bits per heavy atom. The van der Waals surface area contributed by atoms with Gasteiger partial charge in [0, 0.05) is 23.2 Å². The van der Waals surface area contributed by atoms with E-state index >= 15 is 0 Å². The third-order valence-electron chi connectivity index (χ3n) is 2.72. The van der Waals surface area contributed by atoms with Gasteiger partial charge in [0.05, 0.1) is 0 Å². The van der Waals surface area contributed by atoms with Crippen LogP contribution >= 0.6 is 23.1 Å². The molecule has 2 nitrogen and oxygen atoms in total. The molecule has 1 fully saturated rings. The molecule has 1 aromatic rings. The van der Waals surface area contributed by atoms with Crippen LogP contribution in [0.2, 0.25) is 0 Å². The molecule has 4 heteroatoms. The second kappa shape index (κ2) is 4.87. The van der Waals surface area contributed by atoms with Crippen molar-refractivity contribution in [3.05, 3.63) is 22.4 Å². The van der Waals surface area contributed by atoms with Gasteiger partial charge in [-0.2, -0.15) is 11.8 Å². The van der Waals surface area contributed by atoms with Gasteiger partial charge in [0.1, 0.15) is 5.60 Å². The lowest BCUT2D eigenvalue weighted by atomic mass is 10.0. The molecule has 0 spiro atoms. The Bertz CT molecular complexity index is 292. The van der Waals surface area contributed by atoms with Crippen molar-refractivity contribution in [1.29, 1.82) is 0 Å². The predicted octanol–water partition coefficient (Wildman–Crippen LogP) is 2.05. The minimum absolute atomic E-state index is 0.585. The summed E-state index contributed by atoms with van der Waals surface area (Å²) < 4.78 is 0. The third kappa shape index (κ3) is 2.97. The van der Waals surface area contributed by atoms with Crippen LogP contribution in [0.25, 0.3) is 0 Å². The standard InChI is InChI=1S/C11H17NOS2/c1-11(13,10-3-2-5-15-10)8-12-9-4-6-14-7-9/h2-3,5,9,12-13H,4,6-8H2,1H3. The van der Waals surface area contributed by atoms with Gasteiger partial charge in [0.2, 0.25) is 0 Å². The number of hydrogen-bond acceptors (Lipinski definition) is 4. The molecule has 2 heterocycles. The molecule has 0 amide bonds. The first kappa shape index (κ1) is 11.5. The Kier molecular flexibility index (Phi) is 3.72. The number of thiophene rings is 1. The lowest BCUT2D eigenvalue weighted by Crippen LogP contribution is -2.40. The van der Waals surface area contributed by atoms with Crippen molar-refractivity contribution in [3.63, 3.8) is 0 Å². The number of nitrogens with one attached hydrogen (secondary N) is 1. The molecule has 0 aromatic carbocycles. The quantitative estimate of drug-likeness (QED) is 0.849. The Balaban J connectivity index is 1.87. The normalized spacial score (nSPS) is 25.3. The lowest BCUT2D eigenvalue weighted by molar-refractivity contribution is 0.0584. The van der Waals surface area contributed by atoms with E-state index in [4.69, 9.17) is 0 Å². The van der Waals surface area contributed by atoms with Crippen molar-refractivity contribution in [2.45, 2.75) is 25.0 Å². The van der Waals surface area contributed by atoms with Crippen LogP contribution < -0.4 is 5.32 Å². The van der Waals surface area contributed by atoms with Crippen molar-refractivity contribution >= 4 is 23.1 Å². The topological polar surface area (TPSA) is 32.3 Å². The molecule has 15 heavy (non-hydrogen) atoms. The van der Waals surface area contributed by atoms with Crippen molar-refractivity contribution in [1.82, 2.24) is 5.32 Å². The summed E-state index contributed by atoms with van der Waals surface area (Å²) in [7, 11) is 0. The van der Waals surface area contributed by atoms with E-state index in [-0.39, 0.29) is 0 Å². The molecule has 2 rings (SSSR count). The Labute approximate surface area is 99.1 Å². The van der Waals surface area contributed by atoms with E-state index in [0.717, 1.165) is 4.88 Å². The molecule has 2 atom stereocenters. The van der Waals surface area contributed by atoms with E-state index < -0.39 is 5.60 Å². The Hall–Kier alpha value is -0.0300. The van der Waals surface area contributed by atoms with Crippen molar-refractivity contribution in [2.75, 3.05) is 18.1 Å². The molecule has 0 aliphatic carbocycles. The molecule has 1 aliphatic heterocycles. The van der Waals surface area contributed by atoms with Crippen molar-refractivity contribution in [3.8, 4) is 0 Å². The summed E-state index contributed by atoms with van der Waals surface area (Å²) in [6.45, 7) is 2.53. The summed E-state index contributed by atoms with van der Waals surface area (Å²) in [6.07, 6.45) is 1.23. The summed E-state index contributed by atoms with van der Waals surface area (Å²) in [4.78, 5) is 1.04. The van der Waals surface area contributed by atoms with Crippen molar-refractivity contribution in [2.24, 2.45) is 0 Å². The number of hydrogen-bond donors (Lipinski definition) is 2. The zero-order chi connectivity index (χ0) is 10.7. The van der Waals surface area contributed by atoms with Crippen LogP contribution in [0, 0.1) is 0 Å². The molecule has 84 valence electrons. The molecule has 0 bridgehead atoms. The fourth-order valence-corrected chi connectivity index (χ4v) is 3.68. The summed E-state index contributed by atoms with van der Waals surface area (Å²) in [5.74, 6) is 2.43. The predicted molar refractivity (Wildman–Crippen MR) is 67.6 cm³/mol. The molecule has 1 saturated heterocycles. The molecule has 2 N–H and O–H groups in total. The maximum Gasteiger partial charge on any atom is 0.108 e. The third-order valence-corrected chi connectivity index (χ3v) is 5.00. The van der Waals surface area contributed by atoms with Crippen molar-refractivity contribution < 1.29 is 5.11 Å². The highest BCUT2D eigenvalue weighted by Crippen LogP contribution is 2.25. The Morgan fingerprint density at radius 2 is 2.53 bits per heavy atom. The van der Waals surface area contributed by atoms with Gasteiger partial charge in [0.25, 0.3) is 0 Å². The van der Waals surface area contributed by atoms with Gasteiger partial charge < -0.3 is 10.4 Å². The lowest BCUT2D eigenvalue weighted by Gasteiger charge is -2.24. The SMILES string of the molecule is CC(O)(CNC1CCSC1)c1cccs1. The maximum absolute atomic E-state index is 10.3. The van der Waals surface area contributed by atoms with Crippen LogP contribution in [-0.4, -0.2) is 29.2 Å². The van der Waals surface area contributed by atoms with Gasteiger partial charge in [-0.3, -0.25) is 0 Å². The zero-order valence-electron chi connectivity index (χ0n) is 8.90. The van der Waals surface area contributed by atoms with Crippen LogP contribution in [0.3, 0.4) is 0 Å². The first-order valence-corrected chi connectivity index (χ1v) is 7.29. The van der Waals surface area contributed by atoms with Crippen LogP contribution in [0.1, 0.15) is 18.2 Å². The summed E-state index contributed by atoms with van der Waals surface area (Å²) in [5.41, 5.74) is -0.721. The average Bonchev–Trinajstić information content (AvgIpc) is 2.88. The monoisotopic (exact) mass is 243 g/mol. The summed E-state index contributed by atoms with van der Waals surface area (Å²) >= 11 is 3.61. The molecular formula is C11H17NOS2. The molecule has 1 aromatic heterocycles. The van der Waals surface area contributed by atoms with E-state index in [1.165, 1.54) is 17.9 Å². The largest absolute Gasteiger partial charge is 0.383 e. The highest BCUT2D eigenvalue weighted by Gasteiger charge is 2.26. The van der Waals surface area contributed by atoms with Gasteiger partial charge >= 0.3 is 0 Å². The maximum atomic E-state index is 10.3. The average molecular weight is 243 g/mol. The van der Waals surface area contributed by atoms with Crippen LogP contribution in [0.4, 0.5) is 0 Å². The molecular weight excluding hydrogens is 226 g/mol. The van der Waals surface area contributed by atoms with E-state index in [1.807, 2.05) is 36.2 Å².